The van der Waals surface area contributed by atoms with Gasteiger partial charge in [0.2, 0.25) is 0 Å². The van der Waals surface area contributed by atoms with Crippen molar-refractivity contribution in [3.63, 3.8) is 0 Å². The Bertz CT molecular complexity index is 601. The maximum Gasteiger partial charge on any atom is 0.0426 e. The smallest absolute Gasteiger partial charge is 0.0426 e. The molecular formula is C17H17Cl2N. The van der Waals surface area contributed by atoms with Crippen molar-refractivity contribution < 1.29 is 0 Å². The number of anilines is 1. The van der Waals surface area contributed by atoms with Crippen molar-refractivity contribution in [2.24, 2.45) is 0 Å². The number of aryl methyl sites for hydroxylation is 1. The molecule has 3 heteroatoms. The number of halogens is 2. The summed E-state index contributed by atoms with van der Waals surface area (Å²) in [6.07, 6.45) is 2.32. The van der Waals surface area contributed by atoms with Crippen LogP contribution in [0.1, 0.15) is 29.9 Å². The van der Waals surface area contributed by atoms with E-state index in [-0.39, 0.29) is 0 Å². The van der Waals surface area contributed by atoms with E-state index in [1.54, 1.807) is 0 Å². The number of rotatable bonds is 3. The summed E-state index contributed by atoms with van der Waals surface area (Å²) < 4.78 is 0. The van der Waals surface area contributed by atoms with Gasteiger partial charge in [0.25, 0.3) is 0 Å². The van der Waals surface area contributed by atoms with Crippen molar-refractivity contribution in [1.29, 1.82) is 0 Å². The second-order valence-corrected chi connectivity index (χ2v) is 6.39. The Labute approximate surface area is 129 Å². The standard InChI is InChI=1S/C17H17Cl2N/c1-11-2-5-15(19)10-17(11)20-16-8-13(9-16)12-3-6-14(18)7-4-12/h2-7,10,13,16,20H,8-9H2,1H3. The van der Waals surface area contributed by atoms with Crippen molar-refractivity contribution in [2.75, 3.05) is 5.32 Å². The summed E-state index contributed by atoms with van der Waals surface area (Å²) in [5, 5.41) is 5.18. The first-order chi connectivity index (χ1) is 9.61. The predicted molar refractivity (Wildman–Crippen MR) is 87.0 cm³/mol. The molecule has 0 heterocycles. The Hall–Kier alpha value is -1.18. The maximum atomic E-state index is 6.05. The minimum Gasteiger partial charge on any atom is -0.382 e. The van der Waals surface area contributed by atoms with Gasteiger partial charge in [-0.1, -0.05) is 41.4 Å². The van der Waals surface area contributed by atoms with Gasteiger partial charge in [-0.3, -0.25) is 0 Å². The van der Waals surface area contributed by atoms with Crippen LogP contribution in [-0.4, -0.2) is 6.04 Å². The Morgan fingerprint density at radius 1 is 0.950 bits per heavy atom. The van der Waals surface area contributed by atoms with E-state index in [1.807, 2.05) is 24.3 Å². The second kappa shape index (κ2) is 5.67. The van der Waals surface area contributed by atoms with E-state index in [2.05, 4.69) is 30.4 Å². The van der Waals surface area contributed by atoms with E-state index in [0.717, 1.165) is 28.6 Å². The lowest BCUT2D eigenvalue weighted by atomic mass is 9.76. The number of hydrogen-bond donors (Lipinski definition) is 1. The first-order valence-electron chi connectivity index (χ1n) is 6.90. The van der Waals surface area contributed by atoms with Crippen LogP contribution in [0.15, 0.2) is 42.5 Å². The summed E-state index contributed by atoms with van der Waals surface area (Å²) >= 11 is 12.0. The fraction of sp³-hybridized carbons (Fsp3) is 0.294. The minimum atomic E-state index is 0.535. The summed E-state index contributed by atoms with van der Waals surface area (Å²) in [6.45, 7) is 2.11. The molecule has 0 radical (unpaired) electrons. The quantitative estimate of drug-likeness (QED) is 0.771. The van der Waals surface area contributed by atoms with Gasteiger partial charge in [-0.05, 0) is 61.1 Å². The fourth-order valence-electron chi connectivity index (χ4n) is 2.71. The SMILES string of the molecule is Cc1ccc(Cl)cc1NC1CC(c2ccc(Cl)cc2)C1. The topological polar surface area (TPSA) is 12.0 Å². The molecule has 1 aliphatic rings. The zero-order chi connectivity index (χ0) is 14.1. The lowest BCUT2D eigenvalue weighted by Crippen LogP contribution is -2.34. The van der Waals surface area contributed by atoms with E-state index in [0.29, 0.717) is 12.0 Å². The first kappa shape index (κ1) is 13.8. The van der Waals surface area contributed by atoms with Crippen LogP contribution in [0.3, 0.4) is 0 Å². The molecule has 0 amide bonds. The Balaban J connectivity index is 1.60. The van der Waals surface area contributed by atoms with E-state index in [4.69, 9.17) is 23.2 Å². The predicted octanol–water partition coefficient (Wildman–Crippen LogP) is 5.66. The first-order valence-corrected chi connectivity index (χ1v) is 7.65. The van der Waals surface area contributed by atoms with E-state index < -0.39 is 0 Å². The molecule has 0 aliphatic heterocycles. The molecule has 0 aromatic heterocycles. The van der Waals surface area contributed by atoms with Crippen LogP contribution in [-0.2, 0) is 0 Å². The van der Waals surface area contributed by atoms with Crippen LogP contribution in [0.25, 0.3) is 0 Å². The molecule has 1 saturated carbocycles. The molecule has 0 saturated heterocycles. The second-order valence-electron chi connectivity index (χ2n) is 5.52. The lowest BCUT2D eigenvalue weighted by Gasteiger charge is -2.37. The highest BCUT2D eigenvalue weighted by Gasteiger charge is 2.30. The molecule has 1 N–H and O–H groups in total. The third-order valence-electron chi connectivity index (χ3n) is 4.04. The van der Waals surface area contributed by atoms with Crippen LogP contribution < -0.4 is 5.32 Å². The average molecular weight is 306 g/mol. The Kier molecular flexibility index (Phi) is 3.91. The van der Waals surface area contributed by atoms with Gasteiger partial charge >= 0.3 is 0 Å². The molecule has 0 unspecified atom stereocenters. The highest BCUT2D eigenvalue weighted by atomic mass is 35.5. The van der Waals surface area contributed by atoms with Crippen molar-refractivity contribution >= 4 is 28.9 Å². The molecular weight excluding hydrogens is 289 g/mol. The molecule has 1 fully saturated rings. The third-order valence-corrected chi connectivity index (χ3v) is 4.53. The molecule has 0 bridgehead atoms. The van der Waals surface area contributed by atoms with Crippen molar-refractivity contribution in [2.45, 2.75) is 31.7 Å². The van der Waals surface area contributed by atoms with E-state index >= 15 is 0 Å². The van der Waals surface area contributed by atoms with Gasteiger partial charge in [0.15, 0.2) is 0 Å². The fourth-order valence-corrected chi connectivity index (χ4v) is 3.01. The van der Waals surface area contributed by atoms with Crippen molar-refractivity contribution in [1.82, 2.24) is 0 Å². The largest absolute Gasteiger partial charge is 0.382 e. The van der Waals surface area contributed by atoms with Gasteiger partial charge < -0.3 is 5.32 Å². The van der Waals surface area contributed by atoms with Gasteiger partial charge in [0, 0.05) is 21.8 Å². The summed E-state index contributed by atoms with van der Waals surface area (Å²) in [5.74, 6) is 0.643. The van der Waals surface area contributed by atoms with Gasteiger partial charge in [-0.15, -0.1) is 0 Å². The Morgan fingerprint density at radius 2 is 1.60 bits per heavy atom. The Morgan fingerprint density at radius 3 is 2.30 bits per heavy atom. The van der Waals surface area contributed by atoms with Gasteiger partial charge in [-0.2, -0.15) is 0 Å². The van der Waals surface area contributed by atoms with Gasteiger partial charge in [-0.25, -0.2) is 0 Å². The van der Waals surface area contributed by atoms with E-state index in [1.165, 1.54) is 11.1 Å². The van der Waals surface area contributed by atoms with Crippen LogP contribution in [0, 0.1) is 6.92 Å². The van der Waals surface area contributed by atoms with Gasteiger partial charge in [0.05, 0.1) is 0 Å². The highest BCUT2D eigenvalue weighted by molar-refractivity contribution is 6.31. The number of benzene rings is 2. The zero-order valence-corrected chi connectivity index (χ0v) is 12.9. The molecule has 1 aliphatic carbocycles. The van der Waals surface area contributed by atoms with Crippen molar-refractivity contribution in [3.05, 3.63) is 63.6 Å². The van der Waals surface area contributed by atoms with Crippen LogP contribution in [0.4, 0.5) is 5.69 Å². The molecule has 2 aromatic carbocycles. The molecule has 20 heavy (non-hydrogen) atoms. The van der Waals surface area contributed by atoms with Crippen LogP contribution >= 0.6 is 23.2 Å². The molecule has 0 atom stereocenters. The lowest BCUT2D eigenvalue weighted by molar-refractivity contribution is 0.374. The number of hydrogen-bond acceptors (Lipinski definition) is 1. The molecule has 2 aromatic rings. The highest BCUT2D eigenvalue weighted by Crippen LogP contribution is 2.39. The molecule has 1 nitrogen and oxygen atoms in total. The van der Waals surface area contributed by atoms with Crippen LogP contribution in [0.5, 0.6) is 0 Å². The summed E-state index contributed by atoms with van der Waals surface area (Å²) in [6, 6.07) is 14.7. The number of nitrogens with one attached hydrogen (secondary N) is 1. The normalized spacial score (nSPS) is 21.4. The maximum absolute atomic E-state index is 6.05. The molecule has 0 spiro atoms. The minimum absolute atomic E-state index is 0.535. The summed E-state index contributed by atoms with van der Waals surface area (Å²) in [7, 11) is 0. The summed E-state index contributed by atoms with van der Waals surface area (Å²) in [4.78, 5) is 0. The van der Waals surface area contributed by atoms with Gasteiger partial charge in [0.1, 0.15) is 0 Å². The van der Waals surface area contributed by atoms with Crippen molar-refractivity contribution in [3.8, 4) is 0 Å². The third kappa shape index (κ3) is 2.94. The summed E-state index contributed by atoms with van der Waals surface area (Å²) in [5.41, 5.74) is 3.77. The average Bonchev–Trinajstić information content (AvgIpc) is 2.39. The van der Waals surface area contributed by atoms with Crippen LogP contribution in [0.2, 0.25) is 10.0 Å². The zero-order valence-electron chi connectivity index (χ0n) is 11.4. The monoisotopic (exact) mass is 305 g/mol. The molecule has 104 valence electrons. The van der Waals surface area contributed by atoms with E-state index in [9.17, 15) is 0 Å². The molecule has 3 rings (SSSR count).